The van der Waals surface area contributed by atoms with Gasteiger partial charge in [-0.05, 0) is 18.2 Å². The molecule has 0 aromatic carbocycles. The van der Waals surface area contributed by atoms with E-state index in [0.717, 1.165) is 0 Å². The molecule has 0 saturated heterocycles. The number of rotatable bonds is 3. The molecule has 0 bridgehead atoms. The zero-order valence-electron chi connectivity index (χ0n) is 8.91. The Morgan fingerprint density at radius 3 is 2.71 bits per heavy atom. The molecule has 0 saturated carbocycles. The van der Waals surface area contributed by atoms with Gasteiger partial charge in [-0.15, -0.1) is 0 Å². The molecular formula is C12H10N2O3. The third kappa shape index (κ3) is 2.57. The lowest BCUT2D eigenvalue weighted by atomic mass is 10.2. The van der Waals surface area contributed by atoms with Crippen LogP contribution in [0.4, 0.5) is 0 Å². The average molecular weight is 230 g/mol. The molecule has 2 rings (SSSR count). The Hall–Kier alpha value is -2.43. The molecule has 2 aromatic heterocycles. The molecule has 17 heavy (non-hydrogen) atoms. The fourth-order valence-corrected chi connectivity index (χ4v) is 1.41. The Morgan fingerprint density at radius 2 is 2.12 bits per heavy atom. The van der Waals surface area contributed by atoms with Crippen LogP contribution >= 0.6 is 0 Å². The Morgan fingerprint density at radius 1 is 1.29 bits per heavy atom. The summed E-state index contributed by atoms with van der Waals surface area (Å²) in [6.45, 7) is 0.333. The first-order chi connectivity index (χ1) is 8.16. The van der Waals surface area contributed by atoms with E-state index in [9.17, 15) is 9.59 Å². The van der Waals surface area contributed by atoms with Gasteiger partial charge in [0.1, 0.15) is 0 Å². The summed E-state index contributed by atoms with van der Waals surface area (Å²) in [6, 6.07) is 7.96. The number of aromatic nitrogens is 2. The zero-order valence-corrected chi connectivity index (χ0v) is 8.91. The molecule has 2 aromatic rings. The van der Waals surface area contributed by atoms with Crippen LogP contribution in [0, 0.1) is 0 Å². The SMILES string of the molecule is O=C(O)c1ccc(Cn2ccccc2=O)nc1. The Balaban J connectivity index is 2.23. The lowest BCUT2D eigenvalue weighted by Crippen LogP contribution is -2.18. The highest BCUT2D eigenvalue weighted by molar-refractivity contribution is 5.87. The minimum Gasteiger partial charge on any atom is -0.478 e. The van der Waals surface area contributed by atoms with Gasteiger partial charge in [-0.1, -0.05) is 6.07 Å². The van der Waals surface area contributed by atoms with E-state index in [1.807, 2.05) is 0 Å². The van der Waals surface area contributed by atoms with Gasteiger partial charge < -0.3 is 9.67 Å². The molecule has 0 aliphatic rings. The molecule has 0 aliphatic carbocycles. The molecule has 5 nitrogen and oxygen atoms in total. The maximum atomic E-state index is 11.4. The number of hydrogen-bond donors (Lipinski definition) is 1. The summed E-state index contributed by atoms with van der Waals surface area (Å²) in [5.74, 6) is -1.01. The van der Waals surface area contributed by atoms with Crippen LogP contribution in [0.3, 0.4) is 0 Å². The Bertz CT molecular complexity index is 587. The van der Waals surface area contributed by atoms with Crippen molar-refractivity contribution in [3.8, 4) is 0 Å². The topological polar surface area (TPSA) is 72.2 Å². The molecule has 2 heterocycles. The van der Waals surface area contributed by atoms with E-state index in [0.29, 0.717) is 12.2 Å². The molecule has 0 aliphatic heterocycles. The molecule has 1 N–H and O–H groups in total. The van der Waals surface area contributed by atoms with Crippen LogP contribution in [0.5, 0.6) is 0 Å². The minimum atomic E-state index is -1.01. The van der Waals surface area contributed by atoms with Gasteiger partial charge in [0.25, 0.3) is 5.56 Å². The lowest BCUT2D eigenvalue weighted by molar-refractivity contribution is 0.0696. The largest absolute Gasteiger partial charge is 0.478 e. The van der Waals surface area contributed by atoms with Crippen LogP contribution in [-0.4, -0.2) is 20.6 Å². The van der Waals surface area contributed by atoms with E-state index in [4.69, 9.17) is 5.11 Å². The van der Waals surface area contributed by atoms with Crippen LogP contribution in [-0.2, 0) is 6.54 Å². The Labute approximate surface area is 97.0 Å². The van der Waals surface area contributed by atoms with Gasteiger partial charge in [-0.3, -0.25) is 9.78 Å². The van der Waals surface area contributed by atoms with Crippen LogP contribution in [0.25, 0.3) is 0 Å². The second kappa shape index (κ2) is 4.61. The number of aromatic carboxylic acids is 1. The third-order valence-corrected chi connectivity index (χ3v) is 2.30. The Kier molecular flexibility index (Phi) is 3.00. The van der Waals surface area contributed by atoms with Crippen molar-refractivity contribution in [1.82, 2.24) is 9.55 Å². The van der Waals surface area contributed by atoms with Crippen molar-refractivity contribution in [2.45, 2.75) is 6.54 Å². The van der Waals surface area contributed by atoms with Gasteiger partial charge in [0.05, 0.1) is 17.8 Å². The number of carbonyl (C=O) groups is 1. The predicted molar refractivity (Wildman–Crippen MR) is 61.0 cm³/mol. The van der Waals surface area contributed by atoms with Gasteiger partial charge in [0, 0.05) is 18.5 Å². The van der Waals surface area contributed by atoms with Crippen LogP contribution in [0.15, 0.2) is 47.5 Å². The third-order valence-electron chi connectivity index (χ3n) is 2.30. The van der Waals surface area contributed by atoms with Crippen molar-refractivity contribution in [1.29, 1.82) is 0 Å². The first-order valence-corrected chi connectivity index (χ1v) is 5.00. The van der Waals surface area contributed by atoms with Gasteiger partial charge >= 0.3 is 5.97 Å². The molecule has 0 unspecified atom stereocenters. The maximum Gasteiger partial charge on any atom is 0.337 e. The normalized spacial score (nSPS) is 10.1. The summed E-state index contributed by atoms with van der Waals surface area (Å²) >= 11 is 0. The van der Waals surface area contributed by atoms with Crippen molar-refractivity contribution in [2.24, 2.45) is 0 Å². The van der Waals surface area contributed by atoms with E-state index < -0.39 is 5.97 Å². The van der Waals surface area contributed by atoms with E-state index in [1.54, 1.807) is 24.4 Å². The molecule has 0 radical (unpaired) electrons. The zero-order chi connectivity index (χ0) is 12.3. The second-order valence-electron chi connectivity index (χ2n) is 3.51. The van der Waals surface area contributed by atoms with Gasteiger partial charge in [-0.25, -0.2) is 4.79 Å². The smallest absolute Gasteiger partial charge is 0.337 e. The van der Waals surface area contributed by atoms with Crippen molar-refractivity contribution >= 4 is 5.97 Å². The highest BCUT2D eigenvalue weighted by Gasteiger charge is 2.03. The van der Waals surface area contributed by atoms with Crippen molar-refractivity contribution in [2.75, 3.05) is 0 Å². The number of carboxylic acid groups (broad SMARTS) is 1. The second-order valence-corrected chi connectivity index (χ2v) is 3.51. The van der Waals surface area contributed by atoms with Crippen molar-refractivity contribution in [3.63, 3.8) is 0 Å². The highest BCUT2D eigenvalue weighted by atomic mass is 16.4. The summed E-state index contributed by atoms with van der Waals surface area (Å²) in [4.78, 5) is 26.1. The van der Waals surface area contributed by atoms with E-state index in [-0.39, 0.29) is 11.1 Å². The molecule has 0 spiro atoms. The van der Waals surface area contributed by atoms with E-state index in [2.05, 4.69) is 4.98 Å². The van der Waals surface area contributed by atoms with Crippen molar-refractivity contribution < 1.29 is 9.90 Å². The molecule has 5 heteroatoms. The van der Waals surface area contributed by atoms with E-state index >= 15 is 0 Å². The van der Waals surface area contributed by atoms with E-state index in [1.165, 1.54) is 22.9 Å². The summed E-state index contributed by atoms with van der Waals surface area (Å²) < 4.78 is 1.50. The number of pyridine rings is 2. The molecule has 0 amide bonds. The van der Waals surface area contributed by atoms with Crippen LogP contribution in [0.2, 0.25) is 0 Å². The average Bonchev–Trinajstić information content (AvgIpc) is 2.33. The first-order valence-electron chi connectivity index (χ1n) is 5.00. The summed E-state index contributed by atoms with van der Waals surface area (Å²) in [6.07, 6.45) is 2.95. The van der Waals surface area contributed by atoms with Gasteiger partial charge in [0.15, 0.2) is 0 Å². The quantitative estimate of drug-likeness (QED) is 0.853. The van der Waals surface area contributed by atoms with Crippen molar-refractivity contribution in [3.05, 3.63) is 64.3 Å². The fraction of sp³-hybridized carbons (Fsp3) is 0.0833. The summed E-state index contributed by atoms with van der Waals surface area (Å²) in [5.41, 5.74) is 0.661. The monoisotopic (exact) mass is 230 g/mol. The number of nitrogens with zero attached hydrogens (tertiary/aromatic N) is 2. The first kappa shape index (κ1) is 11.1. The van der Waals surface area contributed by atoms with Crippen LogP contribution < -0.4 is 5.56 Å². The summed E-state index contributed by atoms with van der Waals surface area (Å²) in [5, 5.41) is 8.71. The van der Waals surface area contributed by atoms with Crippen LogP contribution in [0.1, 0.15) is 16.1 Å². The minimum absolute atomic E-state index is 0.114. The van der Waals surface area contributed by atoms with Gasteiger partial charge in [-0.2, -0.15) is 0 Å². The molecule has 0 fully saturated rings. The number of carboxylic acids is 1. The molecule has 0 atom stereocenters. The van der Waals surface area contributed by atoms with Gasteiger partial charge in [0.2, 0.25) is 0 Å². The predicted octanol–water partition coefficient (Wildman–Crippen LogP) is 0.990. The summed E-state index contributed by atoms with van der Waals surface area (Å²) in [7, 11) is 0. The number of hydrogen-bond acceptors (Lipinski definition) is 3. The lowest BCUT2D eigenvalue weighted by Gasteiger charge is -2.04. The fourth-order valence-electron chi connectivity index (χ4n) is 1.41. The standard InChI is InChI=1S/C12H10N2O3/c15-11-3-1-2-6-14(11)8-10-5-4-9(7-13-10)12(16)17/h1-7H,8H2,(H,16,17). The maximum absolute atomic E-state index is 11.4. The molecular weight excluding hydrogens is 220 g/mol. The molecule has 86 valence electrons. The highest BCUT2D eigenvalue weighted by Crippen LogP contribution is 2.01.